The third kappa shape index (κ3) is 5.67. The average Bonchev–Trinajstić information content (AvgIpc) is 3.19. The van der Waals surface area contributed by atoms with E-state index in [4.69, 9.17) is 14.7 Å². The van der Waals surface area contributed by atoms with E-state index in [1.165, 1.54) is 6.92 Å². The third-order valence-electron chi connectivity index (χ3n) is 5.92. The minimum Gasteiger partial charge on any atom is -0.479 e. The Kier molecular flexibility index (Phi) is 7.42. The molecule has 3 aromatic rings. The molecule has 1 aliphatic rings. The SMILES string of the molecule is CC(ONC(=O)CCc1ccccc1NC(=O)OCC1c2ccccc2-c2ccccc21)C(=O)O. The summed E-state index contributed by atoms with van der Waals surface area (Å²) in [5.74, 6) is -1.68. The monoisotopic (exact) mass is 474 g/mol. The van der Waals surface area contributed by atoms with Gasteiger partial charge in [0.15, 0.2) is 6.10 Å². The summed E-state index contributed by atoms with van der Waals surface area (Å²) in [6.07, 6.45) is -1.37. The van der Waals surface area contributed by atoms with Crippen molar-refractivity contribution in [3.8, 4) is 11.1 Å². The molecule has 0 saturated heterocycles. The van der Waals surface area contributed by atoms with E-state index in [9.17, 15) is 14.4 Å². The van der Waals surface area contributed by atoms with Crippen LogP contribution in [-0.4, -0.2) is 35.8 Å². The summed E-state index contributed by atoms with van der Waals surface area (Å²) in [5.41, 5.74) is 7.98. The van der Waals surface area contributed by atoms with Crippen LogP contribution >= 0.6 is 0 Å². The molecule has 1 atom stereocenters. The summed E-state index contributed by atoms with van der Waals surface area (Å²) in [5, 5.41) is 11.6. The van der Waals surface area contributed by atoms with Crippen LogP contribution in [0.5, 0.6) is 0 Å². The minimum atomic E-state index is -1.18. The Morgan fingerprint density at radius 3 is 2.17 bits per heavy atom. The number of hydroxylamine groups is 1. The number of hydrogen-bond acceptors (Lipinski definition) is 5. The van der Waals surface area contributed by atoms with Gasteiger partial charge in [0, 0.05) is 18.0 Å². The Morgan fingerprint density at radius 2 is 1.51 bits per heavy atom. The molecule has 0 bridgehead atoms. The summed E-state index contributed by atoms with van der Waals surface area (Å²) in [6, 6.07) is 23.4. The normalized spacial score (nSPS) is 12.8. The van der Waals surface area contributed by atoms with Gasteiger partial charge in [-0.25, -0.2) is 15.1 Å². The van der Waals surface area contributed by atoms with Crippen LogP contribution < -0.4 is 10.8 Å². The molecule has 0 spiro atoms. The largest absolute Gasteiger partial charge is 0.479 e. The number of anilines is 1. The number of aryl methyl sites for hydroxylation is 1. The molecule has 0 heterocycles. The van der Waals surface area contributed by atoms with E-state index in [2.05, 4.69) is 35.1 Å². The van der Waals surface area contributed by atoms with E-state index in [1.807, 2.05) is 24.3 Å². The van der Waals surface area contributed by atoms with Crippen molar-refractivity contribution in [3.63, 3.8) is 0 Å². The van der Waals surface area contributed by atoms with Crippen molar-refractivity contribution >= 4 is 23.7 Å². The van der Waals surface area contributed by atoms with Crippen LogP contribution in [0, 0.1) is 0 Å². The van der Waals surface area contributed by atoms with Crippen molar-refractivity contribution in [1.82, 2.24) is 5.48 Å². The van der Waals surface area contributed by atoms with Crippen molar-refractivity contribution in [2.45, 2.75) is 31.8 Å². The van der Waals surface area contributed by atoms with Crippen LogP contribution in [0.1, 0.15) is 36.0 Å². The fourth-order valence-electron chi connectivity index (χ4n) is 4.11. The highest BCUT2D eigenvalue weighted by molar-refractivity contribution is 5.86. The molecule has 8 heteroatoms. The first kappa shape index (κ1) is 24.0. The third-order valence-corrected chi connectivity index (χ3v) is 5.92. The first-order valence-corrected chi connectivity index (χ1v) is 11.3. The number of para-hydroxylation sites is 1. The minimum absolute atomic E-state index is 0.0414. The molecule has 0 radical (unpaired) electrons. The molecule has 0 saturated carbocycles. The lowest BCUT2D eigenvalue weighted by Gasteiger charge is -2.16. The van der Waals surface area contributed by atoms with Crippen molar-refractivity contribution in [3.05, 3.63) is 89.5 Å². The quantitative estimate of drug-likeness (QED) is 0.394. The summed E-state index contributed by atoms with van der Waals surface area (Å²) >= 11 is 0. The number of ether oxygens (including phenoxy) is 1. The maximum Gasteiger partial charge on any atom is 0.411 e. The zero-order valence-electron chi connectivity index (χ0n) is 19.2. The maximum absolute atomic E-state index is 12.6. The molecule has 180 valence electrons. The lowest BCUT2D eigenvalue weighted by molar-refractivity contribution is -0.158. The molecular formula is C27H26N2O6. The second kappa shape index (κ2) is 10.8. The van der Waals surface area contributed by atoms with E-state index in [0.29, 0.717) is 12.1 Å². The van der Waals surface area contributed by atoms with E-state index in [0.717, 1.165) is 27.8 Å². The maximum atomic E-state index is 12.6. The fraction of sp³-hybridized carbons (Fsp3) is 0.222. The van der Waals surface area contributed by atoms with Crippen LogP contribution in [0.2, 0.25) is 0 Å². The lowest BCUT2D eigenvalue weighted by atomic mass is 9.98. The van der Waals surface area contributed by atoms with Gasteiger partial charge in [0.05, 0.1) is 0 Å². The van der Waals surface area contributed by atoms with Gasteiger partial charge in [-0.05, 0) is 47.2 Å². The van der Waals surface area contributed by atoms with Gasteiger partial charge in [0.2, 0.25) is 5.91 Å². The molecule has 3 aromatic carbocycles. The van der Waals surface area contributed by atoms with E-state index >= 15 is 0 Å². The zero-order chi connectivity index (χ0) is 24.8. The highest BCUT2D eigenvalue weighted by atomic mass is 16.7. The van der Waals surface area contributed by atoms with Crippen molar-refractivity contribution < 1.29 is 29.1 Å². The van der Waals surface area contributed by atoms with Gasteiger partial charge in [-0.15, -0.1) is 0 Å². The van der Waals surface area contributed by atoms with E-state index in [1.54, 1.807) is 24.3 Å². The van der Waals surface area contributed by atoms with Gasteiger partial charge in [-0.3, -0.25) is 14.9 Å². The van der Waals surface area contributed by atoms with E-state index in [-0.39, 0.29) is 18.9 Å². The van der Waals surface area contributed by atoms with Crippen LogP contribution in [-0.2, 0) is 25.6 Å². The van der Waals surface area contributed by atoms with Gasteiger partial charge in [0.25, 0.3) is 0 Å². The number of aliphatic carboxylic acids is 1. The van der Waals surface area contributed by atoms with Gasteiger partial charge < -0.3 is 9.84 Å². The summed E-state index contributed by atoms with van der Waals surface area (Å²) in [7, 11) is 0. The molecule has 0 fully saturated rings. The van der Waals surface area contributed by atoms with E-state index < -0.39 is 24.1 Å². The molecule has 4 rings (SSSR count). The van der Waals surface area contributed by atoms with Crippen LogP contribution in [0.25, 0.3) is 11.1 Å². The number of carbonyl (C=O) groups is 3. The summed E-state index contributed by atoms with van der Waals surface area (Å²) in [4.78, 5) is 40.2. The number of benzene rings is 3. The molecule has 35 heavy (non-hydrogen) atoms. The predicted molar refractivity (Wildman–Crippen MR) is 130 cm³/mol. The molecule has 1 unspecified atom stereocenters. The standard InChI is InChI=1S/C27H26N2O6/c1-17(26(31)32)35-29-25(30)15-14-18-8-2-7-13-24(18)28-27(33)34-16-23-21-11-5-3-9-19(21)20-10-4-6-12-22(20)23/h2-13,17,23H,14-16H2,1H3,(H,28,33)(H,29,30)(H,31,32). The Hall–Kier alpha value is -4.17. The first-order valence-electron chi connectivity index (χ1n) is 11.3. The van der Waals surface area contributed by atoms with Crippen LogP contribution in [0.4, 0.5) is 10.5 Å². The zero-order valence-corrected chi connectivity index (χ0v) is 19.2. The Bertz CT molecular complexity index is 1200. The predicted octanol–water partition coefficient (Wildman–Crippen LogP) is 4.50. The van der Waals surface area contributed by atoms with Crippen molar-refractivity contribution in [1.29, 1.82) is 0 Å². The molecule has 8 nitrogen and oxygen atoms in total. The van der Waals surface area contributed by atoms with Crippen molar-refractivity contribution in [2.75, 3.05) is 11.9 Å². The summed E-state index contributed by atoms with van der Waals surface area (Å²) in [6.45, 7) is 1.51. The number of fused-ring (bicyclic) bond motifs is 3. The number of carboxylic acids is 1. The smallest absolute Gasteiger partial charge is 0.411 e. The number of carbonyl (C=O) groups excluding carboxylic acids is 2. The molecule has 0 aliphatic heterocycles. The first-order chi connectivity index (χ1) is 16.9. The molecule has 2 amide bonds. The highest BCUT2D eigenvalue weighted by Gasteiger charge is 2.29. The van der Waals surface area contributed by atoms with Crippen LogP contribution in [0.15, 0.2) is 72.8 Å². The number of hydrogen-bond donors (Lipinski definition) is 3. The molecular weight excluding hydrogens is 448 g/mol. The Balaban J connectivity index is 1.34. The van der Waals surface area contributed by atoms with Gasteiger partial charge in [-0.1, -0.05) is 66.7 Å². The second-order valence-corrected chi connectivity index (χ2v) is 8.23. The number of amides is 2. The van der Waals surface area contributed by atoms with Crippen molar-refractivity contribution in [2.24, 2.45) is 0 Å². The summed E-state index contributed by atoms with van der Waals surface area (Å²) < 4.78 is 5.61. The lowest BCUT2D eigenvalue weighted by Crippen LogP contribution is -2.32. The second-order valence-electron chi connectivity index (χ2n) is 8.23. The average molecular weight is 475 g/mol. The van der Waals surface area contributed by atoms with Gasteiger partial charge >= 0.3 is 12.1 Å². The van der Waals surface area contributed by atoms with Gasteiger partial charge in [-0.2, -0.15) is 0 Å². The van der Waals surface area contributed by atoms with Gasteiger partial charge in [0.1, 0.15) is 6.61 Å². The number of rotatable bonds is 9. The Morgan fingerprint density at radius 1 is 0.914 bits per heavy atom. The fourth-order valence-corrected chi connectivity index (χ4v) is 4.11. The molecule has 0 aromatic heterocycles. The molecule has 3 N–H and O–H groups in total. The number of nitrogens with one attached hydrogen (secondary N) is 2. The molecule has 1 aliphatic carbocycles. The van der Waals surface area contributed by atoms with Crippen LogP contribution in [0.3, 0.4) is 0 Å². The number of carboxylic acid groups (broad SMARTS) is 1. The Labute approximate surface area is 202 Å². The topological polar surface area (TPSA) is 114 Å². The highest BCUT2D eigenvalue weighted by Crippen LogP contribution is 2.44.